The van der Waals surface area contributed by atoms with Gasteiger partial charge in [-0.05, 0) is 42.4 Å². The molecule has 0 aromatic rings. The van der Waals surface area contributed by atoms with Gasteiger partial charge in [-0.25, -0.2) is 0 Å². The van der Waals surface area contributed by atoms with E-state index < -0.39 is 0 Å². The molecule has 0 aromatic carbocycles. The maximum Gasteiger partial charge on any atom is 0.0277 e. The van der Waals surface area contributed by atoms with E-state index in [1.165, 1.54) is 25.7 Å². The molecule has 0 unspecified atom stereocenters. The first-order valence-electron chi connectivity index (χ1n) is 5.43. The van der Waals surface area contributed by atoms with Crippen LogP contribution in [-0.2, 0) is 0 Å². The Labute approximate surface area is 88.1 Å². The molecule has 1 rings (SSSR count). The molecule has 1 aliphatic rings. The summed E-state index contributed by atoms with van der Waals surface area (Å²) in [4.78, 5) is 0. The molecule has 0 aliphatic heterocycles. The van der Waals surface area contributed by atoms with E-state index in [1.807, 2.05) is 0 Å². The van der Waals surface area contributed by atoms with E-state index in [1.54, 1.807) is 0 Å². The Morgan fingerprint density at radius 2 is 1.69 bits per heavy atom. The van der Waals surface area contributed by atoms with Gasteiger partial charge in [0.2, 0.25) is 0 Å². The Balaban J connectivity index is 2.50. The third kappa shape index (κ3) is 2.87. The minimum Gasteiger partial charge on any atom is -0.126 e. The van der Waals surface area contributed by atoms with Crippen molar-refractivity contribution in [1.82, 2.24) is 0 Å². The quantitative estimate of drug-likeness (QED) is 0.580. The minimum atomic E-state index is 0.345. The third-order valence-electron chi connectivity index (χ3n) is 3.79. The van der Waals surface area contributed by atoms with Crippen LogP contribution in [0.25, 0.3) is 0 Å². The van der Waals surface area contributed by atoms with Gasteiger partial charge in [0.1, 0.15) is 0 Å². The van der Waals surface area contributed by atoms with Gasteiger partial charge in [0.05, 0.1) is 0 Å². The number of rotatable bonds is 2. The molecule has 0 spiro atoms. The third-order valence-corrected chi connectivity index (χ3v) is 4.48. The lowest BCUT2D eigenvalue weighted by Gasteiger charge is -2.41. The van der Waals surface area contributed by atoms with Crippen molar-refractivity contribution in [3.8, 4) is 0 Å². The molecular formula is C12H23Cl. The van der Waals surface area contributed by atoms with E-state index >= 15 is 0 Å². The first-order valence-corrected chi connectivity index (χ1v) is 5.97. The van der Waals surface area contributed by atoms with E-state index in [4.69, 9.17) is 11.6 Å². The largest absolute Gasteiger partial charge is 0.126 e. The number of hydrogen-bond acceptors (Lipinski definition) is 0. The molecule has 1 fully saturated rings. The lowest BCUT2D eigenvalue weighted by atomic mass is 9.65. The summed E-state index contributed by atoms with van der Waals surface area (Å²) in [5.41, 5.74) is 0.928. The van der Waals surface area contributed by atoms with Crippen LogP contribution in [0.5, 0.6) is 0 Å². The molecular weight excluding hydrogens is 180 g/mol. The second kappa shape index (κ2) is 3.81. The Kier molecular flexibility index (Phi) is 3.33. The second-order valence-electron chi connectivity index (χ2n) is 6.06. The SMILES string of the molecule is CC1(C)CCC(C(C)(C)CCl)CC1. The first kappa shape index (κ1) is 11.4. The summed E-state index contributed by atoms with van der Waals surface area (Å²) in [6.45, 7) is 9.39. The Morgan fingerprint density at radius 3 is 2.08 bits per heavy atom. The zero-order valence-electron chi connectivity index (χ0n) is 9.49. The molecule has 0 N–H and O–H groups in total. The lowest BCUT2D eigenvalue weighted by molar-refractivity contribution is 0.113. The zero-order valence-corrected chi connectivity index (χ0v) is 10.2. The molecule has 1 saturated carbocycles. The van der Waals surface area contributed by atoms with Crippen molar-refractivity contribution < 1.29 is 0 Å². The predicted molar refractivity (Wildman–Crippen MR) is 60.2 cm³/mol. The maximum absolute atomic E-state index is 6.00. The van der Waals surface area contributed by atoms with Crippen molar-refractivity contribution in [2.45, 2.75) is 53.4 Å². The van der Waals surface area contributed by atoms with Crippen LogP contribution in [0.2, 0.25) is 0 Å². The normalized spacial score (nSPS) is 24.7. The van der Waals surface area contributed by atoms with Gasteiger partial charge in [-0.2, -0.15) is 0 Å². The summed E-state index contributed by atoms with van der Waals surface area (Å²) >= 11 is 6.00. The summed E-state index contributed by atoms with van der Waals surface area (Å²) in [5, 5.41) is 0. The first-order chi connectivity index (χ1) is 5.87. The molecule has 0 nitrogen and oxygen atoms in total. The fourth-order valence-electron chi connectivity index (χ4n) is 2.29. The highest BCUT2D eigenvalue weighted by molar-refractivity contribution is 6.18. The van der Waals surface area contributed by atoms with Gasteiger partial charge in [0.25, 0.3) is 0 Å². The van der Waals surface area contributed by atoms with Gasteiger partial charge in [0.15, 0.2) is 0 Å². The average Bonchev–Trinajstić information content (AvgIpc) is 2.04. The zero-order chi connectivity index (χ0) is 10.1. The van der Waals surface area contributed by atoms with E-state index in [0.717, 1.165) is 11.8 Å². The Hall–Kier alpha value is 0.290. The molecule has 0 bridgehead atoms. The molecule has 1 aliphatic carbocycles. The van der Waals surface area contributed by atoms with Crippen molar-refractivity contribution >= 4 is 11.6 Å². The lowest BCUT2D eigenvalue weighted by Crippen LogP contribution is -2.32. The van der Waals surface area contributed by atoms with Crippen LogP contribution in [0.4, 0.5) is 0 Å². The topological polar surface area (TPSA) is 0 Å². The van der Waals surface area contributed by atoms with Crippen LogP contribution in [0.1, 0.15) is 53.4 Å². The smallest absolute Gasteiger partial charge is 0.0277 e. The van der Waals surface area contributed by atoms with E-state index in [9.17, 15) is 0 Å². The molecule has 0 amide bonds. The average molecular weight is 203 g/mol. The molecule has 0 heterocycles. The van der Waals surface area contributed by atoms with Gasteiger partial charge >= 0.3 is 0 Å². The molecule has 78 valence electrons. The maximum atomic E-state index is 6.00. The summed E-state index contributed by atoms with van der Waals surface area (Å²) in [5.74, 6) is 1.65. The fraction of sp³-hybridized carbons (Fsp3) is 1.00. The Bertz CT molecular complexity index is 160. The Morgan fingerprint density at radius 1 is 1.23 bits per heavy atom. The van der Waals surface area contributed by atoms with Crippen LogP contribution in [-0.4, -0.2) is 5.88 Å². The van der Waals surface area contributed by atoms with E-state index in [0.29, 0.717) is 10.8 Å². The predicted octanol–water partition coefficient (Wildman–Crippen LogP) is 4.47. The van der Waals surface area contributed by atoms with Gasteiger partial charge in [-0.1, -0.05) is 27.7 Å². The van der Waals surface area contributed by atoms with Crippen molar-refractivity contribution in [3.05, 3.63) is 0 Å². The van der Waals surface area contributed by atoms with Gasteiger partial charge in [0, 0.05) is 5.88 Å². The highest BCUT2D eigenvalue weighted by Gasteiger charge is 2.34. The second-order valence-corrected chi connectivity index (χ2v) is 6.33. The van der Waals surface area contributed by atoms with Crippen molar-refractivity contribution in [1.29, 1.82) is 0 Å². The standard InChI is InChI=1S/C12H23Cl/c1-11(2)7-5-10(6-8-11)12(3,4)9-13/h10H,5-9H2,1-4H3. The molecule has 0 saturated heterocycles. The van der Waals surface area contributed by atoms with Gasteiger partial charge in [-0.3, -0.25) is 0 Å². The molecule has 13 heavy (non-hydrogen) atoms. The number of halogens is 1. The molecule has 0 radical (unpaired) electrons. The summed E-state index contributed by atoms with van der Waals surface area (Å²) in [7, 11) is 0. The highest BCUT2D eigenvalue weighted by atomic mass is 35.5. The van der Waals surface area contributed by atoms with Crippen molar-refractivity contribution in [2.24, 2.45) is 16.7 Å². The fourth-order valence-corrected chi connectivity index (χ4v) is 2.51. The van der Waals surface area contributed by atoms with Crippen LogP contribution in [0.15, 0.2) is 0 Å². The van der Waals surface area contributed by atoms with Gasteiger partial charge < -0.3 is 0 Å². The van der Waals surface area contributed by atoms with Crippen LogP contribution in [0, 0.1) is 16.7 Å². The van der Waals surface area contributed by atoms with Crippen molar-refractivity contribution in [2.75, 3.05) is 5.88 Å². The summed E-state index contributed by atoms with van der Waals surface area (Å²) in [6, 6.07) is 0. The number of alkyl halides is 1. The minimum absolute atomic E-state index is 0.345. The monoisotopic (exact) mass is 202 g/mol. The van der Waals surface area contributed by atoms with Crippen LogP contribution >= 0.6 is 11.6 Å². The van der Waals surface area contributed by atoms with Crippen molar-refractivity contribution in [3.63, 3.8) is 0 Å². The van der Waals surface area contributed by atoms with Crippen LogP contribution < -0.4 is 0 Å². The highest BCUT2D eigenvalue weighted by Crippen LogP contribution is 2.45. The van der Waals surface area contributed by atoms with Crippen LogP contribution in [0.3, 0.4) is 0 Å². The summed E-state index contributed by atoms with van der Waals surface area (Å²) < 4.78 is 0. The van der Waals surface area contributed by atoms with E-state index in [-0.39, 0.29) is 0 Å². The molecule has 0 atom stereocenters. The van der Waals surface area contributed by atoms with E-state index in [2.05, 4.69) is 27.7 Å². The molecule has 0 aromatic heterocycles. The number of hydrogen-bond donors (Lipinski definition) is 0. The summed E-state index contributed by atoms with van der Waals surface area (Å²) in [6.07, 6.45) is 5.48. The van der Waals surface area contributed by atoms with Gasteiger partial charge in [-0.15, -0.1) is 11.6 Å². The molecule has 1 heteroatoms.